The number of nitrogens with one attached hydrogen (secondary N) is 1. The zero-order chi connectivity index (χ0) is 30.0. The first-order chi connectivity index (χ1) is 19.6. The molecule has 0 saturated heterocycles. The maximum Gasteiger partial charge on any atom is 0.264 e. The second-order valence-corrected chi connectivity index (χ2v) is 11.2. The summed E-state index contributed by atoms with van der Waals surface area (Å²) >= 11 is 0. The van der Waals surface area contributed by atoms with Crippen molar-refractivity contribution in [3.63, 3.8) is 0 Å². The molecular formula is C30H35F2N3O5S. The predicted octanol–water partition coefficient (Wildman–Crippen LogP) is 4.89. The first-order valence-electron chi connectivity index (χ1n) is 13.4. The summed E-state index contributed by atoms with van der Waals surface area (Å²) in [6, 6.07) is 15.0. The highest BCUT2D eigenvalue weighted by molar-refractivity contribution is 7.92. The number of hydrogen-bond acceptors (Lipinski definition) is 5. The Morgan fingerprint density at radius 2 is 1.49 bits per heavy atom. The van der Waals surface area contributed by atoms with Gasteiger partial charge in [0.15, 0.2) is 0 Å². The lowest BCUT2D eigenvalue weighted by Gasteiger charge is -2.32. The number of sulfonamides is 1. The van der Waals surface area contributed by atoms with E-state index in [1.165, 1.54) is 65.6 Å². The van der Waals surface area contributed by atoms with Gasteiger partial charge < -0.3 is 15.0 Å². The molecule has 1 unspecified atom stereocenters. The van der Waals surface area contributed by atoms with Crippen molar-refractivity contribution in [1.82, 2.24) is 10.2 Å². The van der Waals surface area contributed by atoms with Crippen molar-refractivity contribution in [3.05, 3.63) is 90.0 Å². The van der Waals surface area contributed by atoms with Crippen LogP contribution in [-0.4, -0.2) is 50.9 Å². The Morgan fingerprint density at radius 1 is 0.902 bits per heavy atom. The molecule has 3 aromatic rings. The zero-order valence-electron chi connectivity index (χ0n) is 23.3. The van der Waals surface area contributed by atoms with Crippen LogP contribution in [0, 0.1) is 11.6 Å². The fourth-order valence-corrected chi connectivity index (χ4v) is 5.46. The molecule has 8 nitrogen and oxygen atoms in total. The molecule has 0 spiro atoms. The Morgan fingerprint density at radius 3 is 2.05 bits per heavy atom. The van der Waals surface area contributed by atoms with E-state index in [0.717, 1.165) is 29.3 Å². The second-order valence-electron chi connectivity index (χ2n) is 9.36. The maximum absolute atomic E-state index is 13.8. The van der Waals surface area contributed by atoms with Crippen LogP contribution in [0.25, 0.3) is 0 Å². The molecule has 0 aliphatic carbocycles. The number of halogens is 2. The number of carbonyl (C=O) groups excluding carboxylic acids is 2. The monoisotopic (exact) mass is 587 g/mol. The van der Waals surface area contributed by atoms with Gasteiger partial charge in [0.1, 0.15) is 30.0 Å². The van der Waals surface area contributed by atoms with E-state index in [-0.39, 0.29) is 17.1 Å². The van der Waals surface area contributed by atoms with E-state index in [1.807, 2.05) is 6.92 Å². The van der Waals surface area contributed by atoms with Crippen molar-refractivity contribution in [3.8, 4) is 5.75 Å². The van der Waals surface area contributed by atoms with Crippen LogP contribution in [0.1, 0.15) is 39.2 Å². The zero-order valence-corrected chi connectivity index (χ0v) is 24.2. The summed E-state index contributed by atoms with van der Waals surface area (Å²) in [5, 5.41) is 2.80. The van der Waals surface area contributed by atoms with Gasteiger partial charge in [-0.3, -0.25) is 13.9 Å². The van der Waals surface area contributed by atoms with Crippen LogP contribution < -0.4 is 14.4 Å². The van der Waals surface area contributed by atoms with Crippen molar-refractivity contribution in [2.24, 2.45) is 0 Å². The van der Waals surface area contributed by atoms with Gasteiger partial charge in [-0.25, -0.2) is 17.2 Å². The average Bonchev–Trinajstić information content (AvgIpc) is 2.96. The van der Waals surface area contributed by atoms with Gasteiger partial charge in [-0.2, -0.15) is 0 Å². The summed E-state index contributed by atoms with van der Waals surface area (Å²) in [6.07, 6.45) is 1.62. The minimum absolute atomic E-state index is 0.0652. The van der Waals surface area contributed by atoms with Gasteiger partial charge >= 0.3 is 0 Å². The SMILES string of the molecule is CCCCNC(=O)C(C)N(Cc1ccc(F)cc1)C(=O)CN(c1ccc(F)cc1)S(=O)(=O)c1ccc(OCC)cc1. The van der Waals surface area contributed by atoms with Gasteiger partial charge in [0.25, 0.3) is 10.0 Å². The van der Waals surface area contributed by atoms with Gasteiger partial charge in [-0.1, -0.05) is 25.5 Å². The quantitative estimate of drug-likeness (QED) is 0.271. The molecule has 11 heteroatoms. The molecule has 0 saturated carbocycles. The molecule has 0 heterocycles. The van der Waals surface area contributed by atoms with Gasteiger partial charge in [-0.15, -0.1) is 0 Å². The molecule has 0 aliphatic rings. The Bertz CT molecular complexity index is 1400. The van der Waals surface area contributed by atoms with Crippen LogP contribution in [0.15, 0.2) is 77.7 Å². The minimum atomic E-state index is -4.31. The molecular weight excluding hydrogens is 552 g/mol. The molecule has 1 N–H and O–H groups in total. The van der Waals surface area contributed by atoms with Crippen molar-refractivity contribution >= 4 is 27.5 Å². The summed E-state index contributed by atoms with van der Waals surface area (Å²) < 4.78 is 61.2. The number of ether oxygens (including phenoxy) is 1. The van der Waals surface area contributed by atoms with Gasteiger partial charge in [0, 0.05) is 13.1 Å². The normalized spacial score (nSPS) is 11.9. The molecule has 0 aliphatic heterocycles. The number of carbonyl (C=O) groups is 2. The Labute approximate surface area is 240 Å². The van der Waals surface area contributed by atoms with Crippen molar-refractivity contribution in [2.75, 3.05) is 24.0 Å². The van der Waals surface area contributed by atoms with Gasteiger partial charge in [-0.05, 0) is 86.5 Å². The summed E-state index contributed by atoms with van der Waals surface area (Å²) in [4.78, 5) is 27.9. The molecule has 1 atom stereocenters. The van der Waals surface area contributed by atoms with Crippen LogP contribution in [0.5, 0.6) is 5.75 Å². The first-order valence-corrected chi connectivity index (χ1v) is 14.8. The van der Waals surface area contributed by atoms with Crippen molar-refractivity contribution in [1.29, 1.82) is 0 Å². The van der Waals surface area contributed by atoms with Gasteiger partial charge in [0.05, 0.1) is 17.2 Å². The summed E-state index contributed by atoms with van der Waals surface area (Å²) in [6.45, 7) is 5.41. The second kappa shape index (κ2) is 14.6. The molecule has 41 heavy (non-hydrogen) atoms. The number of hydrogen-bond donors (Lipinski definition) is 1. The Kier molecular flexibility index (Phi) is 11.2. The average molecular weight is 588 g/mol. The summed E-state index contributed by atoms with van der Waals surface area (Å²) in [5.74, 6) is -1.64. The topological polar surface area (TPSA) is 96.0 Å². The molecule has 2 amide bonds. The lowest BCUT2D eigenvalue weighted by atomic mass is 10.1. The highest BCUT2D eigenvalue weighted by Crippen LogP contribution is 2.26. The fourth-order valence-electron chi connectivity index (χ4n) is 4.04. The van der Waals surface area contributed by atoms with E-state index in [2.05, 4.69) is 5.32 Å². The standard InChI is InChI=1S/C30H35F2N3O5S/c1-4-6-19-33-30(37)22(3)34(20-23-7-9-24(31)10-8-23)29(36)21-35(26-13-11-25(32)12-14-26)41(38,39)28-17-15-27(16-18-28)40-5-2/h7-18,22H,4-6,19-21H2,1-3H3,(H,33,37). The molecule has 0 aromatic heterocycles. The summed E-state index contributed by atoms with van der Waals surface area (Å²) in [7, 11) is -4.31. The van der Waals surface area contributed by atoms with Crippen LogP contribution >= 0.6 is 0 Å². The minimum Gasteiger partial charge on any atom is -0.494 e. The van der Waals surface area contributed by atoms with E-state index in [0.29, 0.717) is 24.5 Å². The third-order valence-electron chi connectivity index (χ3n) is 6.38. The third kappa shape index (κ3) is 8.50. The molecule has 220 valence electrons. The lowest BCUT2D eigenvalue weighted by Crippen LogP contribution is -2.51. The molecule has 0 fully saturated rings. The smallest absolute Gasteiger partial charge is 0.264 e. The molecule has 0 radical (unpaired) electrons. The van der Waals surface area contributed by atoms with Crippen molar-refractivity contribution < 1.29 is 31.5 Å². The van der Waals surface area contributed by atoms with Gasteiger partial charge in [0.2, 0.25) is 11.8 Å². The summed E-state index contributed by atoms with van der Waals surface area (Å²) in [5.41, 5.74) is 0.617. The largest absolute Gasteiger partial charge is 0.494 e. The number of anilines is 1. The predicted molar refractivity (Wildman–Crippen MR) is 153 cm³/mol. The third-order valence-corrected chi connectivity index (χ3v) is 8.17. The Hall–Kier alpha value is -3.99. The van der Waals surface area contributed by atoms with E-state index >= 15 is 0 Å². The molecule has 3 aromatic carbocycles. The number of nitrogens with zero attached hydrogens (tertiary/aromatic N) is 2. The molecule has 0 bridgehead atoms. The van der Waals surface area contributed by atoms with Crippen LogP contribution in [0.4, 0.5) is 14.5 Å². The van der Waals surface area contributed by atoms with Crippen LogP contribution in [0.3, 0.4) is 0 Å². The number of unbranched alkanes of at least 4 members (excludes halogenated alkanes) is 1. The lowest BCUT2D eigenvalue weighted by molar-refractivity contribution is -0.139. The first kappa shape index (κ1) is 31.5. The number of benzene rings is 3. The Balaban J connectivity index is 1.98. The highest BCUT2D eigenvalue weighted by atomic mass is 32.2. The maximum atomic E-state index is 13.8. The van der Waals surface area contributed by atoms with Crippen LogP contribution in [0.2, 0.25) is 0 Å². The van der Waals surface area contributed by atoms with E-state index in [4.69, 9.17) is 4.74 Å². The van der Waals surface area contributed by atoms with E-state index < -0.39 is 46.1 Å². The van der Waals surface area contributed by atoms with E-state index in [9.17, 15) is 26.8 Å². The number of rotatable bonds is 14. The number of amides is 2. The highest BCUT2D eigenvalue weighted by Gasteiger charge is 2.32. The molecule has 3 rings (SSSR count). The van der Waals surface area contributed by atoms with Crippen LogP contribution in [-0.2, 0) is 26.2 Å². The van der Waals surface area contributed by atoms with E-state index in [1.54, 1.807) is 13.8 Å². The van der Waals surface area contributed by atoms with Crippen molar-refractivity contribution in [2.45, 2.75) is 51.1 Å². The fraction of sp³-hybridized carbons (Fsp3) is 0.333.